The second-order valence-corrected chi connectivity index (χ2v) is 6.24. The number of rotatable bonds is 3. The molecule has 2 heterocycles. The van der Waals surface area contributed by atoms with Gasteiger partial charge in [0.05, 0.1) is 16.8 Å². The third-order valence-electron chi connectivity index (χ3n) is 3.52. The van der Waals surface area contributed by atoms with Crippen molar-refractivity contribution >= 4 is 34.3 Å². The van der Waals surface area contributed by atoms with Gasteiger partial charge in [-0.25, -0.2) is 4.98 Å². The van der Waals surface area contributed by atoms with Gasteiger partial charge in [0, 0.05) is 6.54 Å². The topological polar surface area (TPSA) is 34.9 Å². The summed E-state index contributed by atoms with van der Waals surface area (Å²) in [5, 5.41) is 0.682. The third-order valence-corrected chi connectivity index (χ3v) is 5.00. The number of thioether (sulfide) groups is 1. The Morgan fingerprint density at radius 2 is 2.26 bits per heavy atom. The first-order chi connectivity index (χ1) is 9.29. The van der Waals surface area contributed by atoms with Gasteiger partial charge in [0.25, 0.3) is 5.56 Å². The number of nitrogens with zero attached hydrogens (tertiary/aromatic N) is 2. The van der Waals surface area contributed by atoms with E-state index in [1.165, 1.54) is 12.2 Å². The largest absolute Gasteiger partial charge is 0.295 e. The molecular weight excluding hydrogens is 280 g/mol. The van der Waals surface area contributed by atoms with Crippen LogP contribution in [0.15, 0.2) is 29.1 Å². The van der Waals surface area contributed by atoms with Crippen molar-refractivity contribution in [2.45, 2.75) is 18.8 Å². The van der Waals surface area contributed by atoms with E-state index in [-0.39, 0.29) is 11.4 Å². The molecule has 5 heteroatoms. The Balaban J connectivity index is 2.10. The van der Waals surface area contributed by atoms with Crippen LogP contribution < -0.4 is 5.56 Å². The Labute approximate surface area is 121 Å². The van der Waals surface area contributed by atoms with Crippen LogP contribution in [0.4, 0.5) is 0 Å². The van der Waals surface area contributed by atoms with Crippen molar-refractivity contribution in [2.24, 2.45) is 5.92 Å². The van der Waals surface area contributed by atoms with E-state index < -0.39 is 0 Å². The van der Waals surface area contributed by atoms with Crippen molar-refractivity contribution < 1.29 is 0 Å². The van der Waals surface area contributed by atoms with Gasteiger partial charge in [-0.05, 0) is 36.0 Å². The van der Waals surface area contributed by atoms with E-state index >= 15 is 0 Å². The quantitative estimate of drug-likeness (QED) is 0.817. The summed E-state index contributed by atoms with van der Waals surface area (Å²) in [4.78, 5) is 17.1. The molecule has 1 aromatic heterocycles. The van der Waals surface area contributed by atoms with Gasteiger partial charge in [-0.1, -0.05) is 12.1 Å². The van der Waals surface area contributed by atoms with Crippen LogP contribution in [-0.4, -0.2) is 21.1 Å². The van der Waals surface area contributed by atoms with E-state index in [2.05, 4.69) is 4.98 Å². The molecule has 0 aliphatic carbocycles. The van der Waals surface area contributed by atoms with Crippen LogP contribution >= 0.6 is 23.4 Å². The van der Waals surface area contributed by atoms with Gasteiger partial charge >= 0.3 is 0 Å². The highest BCUT2D eigenvalue weighted by atomic mass is 35.5. The monoisotopic (exact) mass is 294 g/mol. The zero-order valence-electron chi connectivity index (χ0n) is 10.5. The minimum absolute atomic E-state index is 0.0400. The summed E-state index contributed by atoms with van der Waals surface area (Å²) < 4.78 is 1.77. The average Bonchev–Trinajstić information content (AvgIpc) is 2.95. The molecule has 0 N–H and O–H groups in total. The van der Waals surface area contributed by atoms with E-state index in [1.54, 1.807) is 4.57 Å². The maximum absolute atomic E-state index is 12.6. The predicted octanol–water partition coefficient (Wildman–Crippen LogP) is 2.89. The summed E-state index contributed by atoms with van der Waals surface area (Å²) >= 11 is 7.92. The van der Waals surface area contributed by atoms with Crippen molar-refractivity contribution in [1.82, 2.24) is 9.55 Å². The SMILES string of the molecule is O=c1c2ccccc2nc(CCl)n1CC1CCSC1. The van der Waals surface area contributed by atoms with E-state index in [9.17, 15) is 4.79 Å². The lowest BCUT2D eigenvalue weighted by Crippen LogP contribution is -2.28. The van der Waals surface area contributed by atoms with Crippen LogP contribution in [0.5, 0.6) is 0 Å². The normalized spacial score (nSPS) is 19.1. The molecule has 19 heavy (non-hydrogen) atoms. The first-order valence-corrected chi connectivity index (χ1v) is 8.10. The highest BCUT2D eigenvalue weighted by Crippen LogP contribution is 2.25. The van der Waals surface area contributed by atoms with Gasteiger partial charge in [0.2, 0.25) is 0 Å². The van der Waals surface area contributed by atoms with Gasteiger partial charge in [-0.15, -0.1) is 11.6 Å². The number of hydrogen-bond donors (Lipinski definition) is 0. The number of aromatic nitrogens is 2. The zero-order chi connectivity index (χ0) is 13.2. The van der Waals surface area contributed by atoms with Crippen LogP contribution in [0.2, 0.25) is 0 Å². The summed E-state index contributed by atoms with van der Waals surface area (Å²) in [5.74, 6) is 3.84. The molecule has 0 amide bonds. The average molecular weight is 295 g/mol. The Kier molecular flexibility index (Phi) is 3.80. The van der Waals surface area contributed by atoms with E-state index in [0.717, 1.165) is 17.8 Å². The second kappa shape index (κ2) is 5.55. The summed E-state index contributed by atoms with van der Waals surface area (Å²) in [7, 11) is 0. The number of alkyl halides is 1. The molecule has 3 nitrogen and oxygen atoms in total. The van der Waals surface area contributed by atoms with Gasteiger partial charge < -0.3 is 0 Å². The molecule has 1 saturated heterocycles. The van der Waals surface area contributed by atoms with Crippen LogP contribution in [0, 0.1) is 5.92 Å². The summed E-state index contributed by atoms with van der Waals surface area (Å²) in [5.41, 5.74) is 0.776. The van der Waals surface area contributed by atoms with Crippen molar-refractivity contribution in [3.8, 4) is 0 Å². The van der Waals surface area contributed by atoms with Crippen LogP contribution in [0.25, 0.3) is 10.9 Å². The van der Waals surface area contributed by atoms with E-state index in [1.807, 2.05) is 36.0 Å². The van der Waals surface area contributed by atoms with Crippen LogP contribution in [0.1, 0.15) is 12.2 Å². The van der Waals surface area contributed by atoms with Crippen LogP contribution in [0.3, 0.4) is 0 Å². The second-order valence-electron chi connectivity index (χ2n) is 4.82. The molecule has 3 rings (SSSR count). The van der Waals surface area contributed by atoms with Gasteiger partial charge in [-0.2, -0.15) is 11.8 Å². The molecule has 1 aliphatic heterocycles. The summed E-state index contributed by atoms with van der Waals surface area (Å²) in [6, 6.07) is 7.47. The molecule has 0 saturated carbocycles. The predicted molar refractivity (Wildman–Crippen MR) is 81.0 cm³/mol. The number of para-hydroxylation sites is 1. The number of fused-ring (bicyclic) bond motifs is 1. The third kappa shape index (κ3) is 2.51. The molecule has 1 aliphatic rings. The molecule has 1 atom stereocenters. The lowest BCUT2D eigenvalue weighted by atomic mass is 10.1. The fourth-order valence-electron chi connectivity index (χ4n) is 2.49. The molecule has 100 valence electrons. The van der Waals surface area contributed by atoms with Crippen molar-refractivity contribution in [1.29, 1.82) is 0 Å². The fraction of sp³-hybridized carbons (Fsp3) is 0.429. The molecule has 1 unspecified atom stereocenters. The molecule has 2 aromatic rings. The number of hydrogen-bond acceptors (Lipinski definition) is 3. The maximum Gasteiger partial charge on any atom is 0.261 e. The standard InChI is InChI=1S/C14H15ClN2OS/c15-7-13-16-12-4-2-1-3-11(12)14(18)17(13)8-10-5-6-19-9-10/h1-4,10H,5-9H2. The van der Waals surface area contributed by atoms with Crippen molar-refractivity contribution in [3.05, 3.63) is 40.4 Å². The Hall–Kier alpha value is -1.000. The zero-order valence-corrected chi connectivity index (χ0v) is 12.1. The minimum atomic E-state index is 0.0400. The number of halogens is 1. The fourth-order valence-corrected chi connectivity index (χ4v) is 3.97. The van der Waals surface area contributed by atoms with E-state index in [4.69, 9.17) is 11.6 Å². The van der Waals surface area contributed by atoms with Crippen molar-refractivity contribution in [3.63, 3.8) is 0 Å². The summed E-state index contributed by atoms with van der Waals surface area (Å²) in [6.45, 7) is 0.742. The lowest BCUT2D eigenvalue weighted by molar-refractivity contribution is 0.471. The molecular formula is C14H15ClN2OS. The summed E-state index contributed by atoms with van der Waals surface area (Å²) in [6.07, 6.45) is 1.17. The van der Waals surface area contributed by atoms with Crippen molar-refractivity contribution in [2.75, 3.05) is 11.5 Å². The molecule has 1 aromatic carbocycles. The minimum Gasteiger partial charge on any atom is -0.295 e. The van der Waals surface area contributed by atoms with E-state index in [0.29, 0.717) is 17.1 Å². The smallest absolute Gasteiger partial charge is 0.261 e. The Morgan fingerprint density at radius 3 is 3.00 bits per heavy atom. The molecule has 1 fully saturated rings. The molecule has 0 spiro atoms. The Bertz CT molecular complexity index is 649. The Morgan fingerprint density at radius 1 is 1.42 bits per heavy atom. The highest BCUT2D eigenvalue weighted by Gasteiger charge is 2.19. The number of benzene rings is 1. The van der Waals surface area contributed by atoms with Crippen LogP contribution in [-0.2, 0) is 12.4 Å². The van der Waals surface area contributed by atoms with Gasteiger partial charge in [0.15, 0.2) is 0 Å². The lowest BCUT2D eigenvalue weighted by Gasteiger charge is -2.15. The van der Waals surface area contributed by atoms with Gasteiger partial charge in [-0.3, -0.25) is 9.36 Å². The molecule has 0 bridgehead atoms. The molecule has 0 radical (unpaired) electrons. The van der Waals surface area contributed by atoms with Gasteiger partial charge in [0.1, 0.15) is 5.82 Å². The first-order valence-electron chi connectivity index (χ1n) is 6.42. The maximum atomic E-state index is 12.6. The first kappa shape index (κ1) is 13.0. The highest BCUT2D eigenvalue weighted by molar-refractivity contribution is 7.99.